The third-order valence-corrected chi connectivity index (χ3v) is 18.3. The minimum absolute atomic E-state index is 0.0220. The maximum absolute atomic E-state index is 15.0. The summed E-state index contributed by atoms with van der Waals surface area (Å²) >= 11 is 0. The number of hydrazine groups is 1. The number of nitrogens with one attached hydrogen (secondary N) is 2. The van der Waals surface area contributed by atoms with Gasteiger partial charge in [-0.25, -0.2) is 13.8 Å². The van der Waals surface area contributed by atoms with E-state index in [1.165, 1.54) is 9.91 Å². The molecule has 6 bridgehead atoms. The van der Waals surface area contributed by atoms with Crippen molar-refractivity contribution >= 4 is 50.1 Å². The first-order valence-corrected chi connectivity index (χ1v) is 30.5. The average Bonchev–Trinajstić information content (AvgIpc) is 3.28. The molecule has 0 aliphatic carbocycles. The number of phenols is 1. The van der Waals surface area contributed by atoms with Crippen LogP contribution in [0.25, 0.3) is 44.7 Å². The molecule has 83 heavy (non-hydrogen) atoms. The van der Waals surface area contributed by atoms with Crippen LogP contribution in [0.2, 0.25) is 0 Å². The Morgan fingerprint density at radius 1 is 0.988 bits per heavy atom. The number of esters is 1. The molecule has 6 atom stereocenters. The summed E-state index contributed by atoms with van der Waals surface area (Å²) in [5.41, 5.74) is 16.7. The van der Waals surface area contributed by atoms with Crippen LogP contribution in [0.5, 0.6) is 5.75 Å². The third-order valence-electron chi connectivity index (χ3n) is 16.6. The van der Waals surface area contributed by atoms with Crippen molar-refractivity contribution in [3.63, 3.8) is 0 Å². The molecule has 0 saturated carbocycles. The summed E-state index contributed by atoms with van der Waals surface area (Å²) in [6.07, 6.45) is 2.24. The van der Waals surface area contributed by atoms with Gasteiger partial charge in [0.15, 0.2) is 9.84 Å². The molecule has 3 saturated heterocycles. The van der Waals surface area contributed by atoms with Crippen LogP contribution in [0, 0.1) is 11.3 Å². The van der Waals surface area contributed by atoms with Gasteiger partial charge < -0.3 is 44.4 Å². The number of nitrogens with zero attached hydrogens (tertiary/aromatic N) is 7. The van der Waals surface area contributed by atoms with Crippen LogP contribution in [0.3, 0.4) is 0 Å². The normalized spacial score (nSPS) is 22.0. The number of carbonyl (C=O) groups excluding carboxylic acids is 4. The summed E-state index contributed by atoms with van der Waals surface area (Å²) in [6, 6.07) is 17.5. The molecule has 22 heteroatoms. The van der Waals surface area contributed by atoms with E-state index in [0.29, 0.717) is 98.3 Å². The van der Waals surface area contributed by atoms with E-state index >= 15 is 0 Å². The third kappa shape index (κ3) is 12.7. The van der Waals surface area contributed by atoms with Crippen LogP contribution in [0.4, 0.5) is 5.69 Å². The quantitative estimate of drug-likeness (QED) is 0.0723. The van der Waals surface area contributed by atoms with Gasteiger partial charge in [0.2, 0.25) is 17.6 Å². The van der Waals surface area contributed by atoms with Crippen molar-refractivity contribution in [2.45, 2.75) is 123 Å². The van der Waals surface area contributed by atoms with E-state index in [9.17, 15) is 32.7 Å². The van der Waals surface area contributed by atoms with Gasteiger partial charge in [-0.1, -0.05) is 57.1 Å². The van der Waals surface area contributed by atoms with Gasteiger partial charge in [0.05, 0.1) is 42.1 Å². The number of anilines is 1. The molecule has 6 unspecified atom stereocenters. The molecule has 3 amide bonds. The van der Waals surface area contributed by atoms with Gasteiger partial charge in [0.1, 0.15) is 30.0 Å². The minimum atomic E-state index is -3.08. The lowest BCUT2D eigenvalue weighted by Gasteiger charge is -2.37. The number of fused-ring (bicyclic) bond motifs is 6. The lowest BCUT2D eigenvalue weighted by atomic mass is 9.84. The largest absolute Gasteiger partial charge is 0.508 e. The highest BCUT2D eigenvalue weighted by Crippen LogP contribution is 2.43. The molecule has 0 radical (unpaired) electrons. The first-order valence-electron chi connectivity index (χ1n) is 28.7. The monoisotopic (exact) mass is 1160 g/mol. The number of methoxy groups -OCH3 is 1. The highest BCUT2D eigenvalue weighted by atomic mass is 32.2. The van der Waals surface area contributed by atoms with Gasteiger partial charge in [-0.05, 0) is 116 Å². The number of hydrogen-bond acceptors (Lipinski definition) is 17. The zero-order valence-electron chi connectivity index (χ0n) is 48.5. The number of amides is 3. The molecule has 3 fully saturated rings. The molecule has 6 aromatic rings. The maximum Gasteiger partial charge on any atom is 0.324 e. The zero-order chi connectivity index (χ0) is 59.1. The van der Waals surface area contributed by atoms with Gasteiger partial charge in [0, 0.05) is 98.6 Å². The predicted octanol–water partition coefficient (Wildman–Crippen LogP) is 6.37. The standard InChI is InChI=1S/C61H76N10O11S/c1-9-70-50-17-14-39-29-45(50)47(54(70)46-30-41(32-63-52(46)36(4)79-8)56-65-51(82-67-56)33-69-20-23-83(77,78)24-21-69)31-61(5,6)34-81-60(76)48-11-10-19-71(66-48)58(74)49(27-37-25-40(39)28-43(72)26-37)64-57(73)53(35(2)3)68(7)59(75)55-44(18-22-80-55)38-12-15-42(62)16-13-38/h12-17,25-26,28-30,32,35-36,44,48-49,53,55,66,72H,9-11,18-24,27,31,33-34,62H2,1-8H3,(H,64,73). The second-order valence-electron chi connectivity index (χ2n) is 23.7. The summed E-state index contributed by atoms with van der Waals surface area (Å²) in [4.78, 5) is 71.7. The number of cyclic esters (lactones) is 1. The fraction of sp³-hybridized carbons (Fsp3) is 0.492. The van der Waals surface area contributed by atoms with Gasteiger partial charge in [-0.2, -0.15) is 4.98 Å². The van der Waals surface area contributed by atoms with E-state index in [1.807, 2.05) is 69.9 Å². The van der Waals surface area contributed by atoms with Crippen LogP contribution >= 0.6 is 0 Å². The van der Waals surface area contributed by atoms with E-state index in [4.69, 9.17) is 34.4 Å². The molecule has 442 valence electrons. The fourth-order valence-corrected chi connectivity index (χ4v) is 13.5. The number of aromatic hydroxyl groups is 1. The number of phenolic OH excluding ortho intramolecular Hbond substituents is 1. The molecule has 3 aromatic heterocycles. The molecule has 3 aromatic carbocycles. The topological polar surface area (TPSA) is 267 Å². The number of sulfone groups is 1. The Kier molecular flexibility index (Phi) is 17.2. The summed E-state index contributed by atoms with van der Waals surface area (Å²) in [5.74, 6) is -1.84. The first-order chi connectivity index (χ1) is 39.6. The zero-order valence-corrected chi connectivity index (χ0v) is 49.3. The number of nitrogens with two attached hydrogens (primary N) is 1. The molecule has 0 spiro atoms. The van der Waals surface area contributed by atoms with Gasteiger partial charge in [-0.15, -0.1) is 0 Å². The van der Waals surface area contributed by atoms with Crippen LogP contribution in [-0.2, 0) is 69.2 Å². The van der Waals surface area contributed by atoms with Crippen molar-refractivity contribution in [3.8, 4) is 39.5 Å². The Morgan fingerprint density at radius 2 is 1.75 bits per heavy atom. The molecule has 5 N–H and O–H groups in total. The lowest BCUT2D eigenvalue weighted by Crippen LogP contribution is -2.62. The summed E-state index contributed by atoms with van der Waals surface area (Å²) in [5, 5.41) is 21.2. The lowest BCUT2D eigenvalue weighted by molar-refractivity contribution is -0.155. The van der Waals surface area contributed by atoms with Crippen molar-refractivity contribution in [2.24, 2.45) is 11.3 Å². The van der Waals surface area contributed by atoms with Crippen molar-refractivity contribution < 1.29 is 51.4 Å². The Bertz CT molecular complexity index is 3510. The number of carbonyl (C=O) groups is 4. The fourth-order valence-electron chi connectivity index (χ4n) is 12.2. The van der Waals surface area contributed by atoms with E-state index < -0.39 is 69.3 Å². The molecule has 4 aliphatic heterocycles. The van der Waals surface area contributed by atoms with Crippen molar-refractivity contribution in [1.82, 2.24) is 45.2 Å². The van der Waals surface area contributed by atoms with Crippen LogP contribution in [-0.4, -0.2) is 154 Å². The van der Waals surface area contributed by atoms with Crippen molar-refractivity contribution in [2.75, 3.05) is 64.2 Å². The molecular weight excluding hydrogens is 1080 g/mol. The smallest absolute Gasteiger partial charge is 0.324 e. The second-order valence-corrected chi connectivity index (χ2v) is 26.0. The van der Waals surface area contributed by atoms with Crippen LogP contribution < -0.4 is 16.5 Å². The molecule has 21 nitrogen and oxygen atoms in total. The number of nitrogen functional groups attached to an aromatic ring is 1. The maximum atomic E-state index is 15.0. The minimum Gasteiger partial charge on any atom is -0.508 e. The Labute approximate surface area is 484 Å². The van der Waals surface area contributed by atoms with E-state index in [1.54, 1.807) is 44.6 Å². The van der Waals surface area contributed by atoms with Gasteiger partial charge >= 0.3 is 5.97 Å². The molecule has 4 aliphatic rings. The molecular formula is C61H76N10O11S. The summed E-state index contributed by atoms with van der Waals surface area (Å²) < 4.78 is 50.5. The van der Waals surface area contributed by atoms with E-state index in [-0.39, 0.29) is 48.7 Å². The summed E-state index contributed by atoms with van der Waals surface area (Å²) in [7, 11) is 0.137. The van der Waals surface area contributed by atoms with Crippen LogP contribution in [0.15, 0.2) is 77.4 Å². The number of aromatic nitrogens is 4. The van der Waals surface area contributed by atoms with Crippen molar-refractivity contribution in [1.29, 1.82) is 0 Å². The number of hydrogen-bond donors (Lipinski definition) is 4. The number of ether oxygens (including phenoxy) is 3. The Hall–Kier alpha value is -7.24. The predicted molar refractivity (Wildman–Crippen MR) is 312 cm³/mol. The number of pyridine rings is 1. The highest BCUT2D eigenvalue weighted by Gasteiger charge is 2.43. The SMILES string of the molecule is CCn1c(-c2cc(-c3noc(CN4CCS(=O)(=O)CC4)n3)cnc2C(C)OC)c2c3cc(ccc31)-c1cc(O)cc(c1)CC(NC(=O)C(C(C)C)N(C)C(=O)C1OCCC1c1ccc(N)cc1)C(=O)N1CCCC(N1)C(=O)OCC(C)(C)C2. The average molecular weight is 1160 g/mol. The number of rotatable bonds is 13. The first kappa shape index (κ1) is 58.9. The van der Waals surface area contributed by atoms with Crippen LogP contribution in [0.1, 0.15) is 101 Å². The Morgan fingerprint density at radius 3 is 2.47 bits per heavy atom. The van der Waals surface area contributed by atoms with Gasteiger partial charge in [0.25, 0.3) is 11.8 Å². The molecule has 10 rings (SSSR count). The van der Waals surface area contributed by atoms with E-state index in [0.717, 1.165) is 38.9 Å². The van der Waals surface area contributed by atoms with Crippen molar-refractivity contribution in [3.05, 3.63) is 101 Å². The number of likely N-dealkylation sites (N-methyl/N-ethyl adjacent to an activating group) is 1. The Balaban J connectivity index is 1.03. The number of aryl methyl sites for hydroxylation is 1. The second kappa shape index (κ2) is 24.2. The molecule has 7 heterocycles. The number of benzene rings is 3. The van der Waals surface area contributed by atoms with E-state index in [2.05, 4.69) is 39.5 Å². The van der Waals surface area contributed by atoms with Gasteiger partial charge in [-0.3, -0.25) is 34.1 Å². The summed E-state index contributed by atoms with van der Waals surface area (Å²) in [6.45, 7) is 14.0. The highest BCUT2D eigenvalue weighted by molar-refractivity contribution is 7.91.